The van der Waals surface area contributed by atoms with Crippen LogP contribution in [0.3, 0.4) is 0 Å². The molecule has 2 aromatic rings. The van der Waals surface area contributed by atoms with Gasteiger partial charge in [0.05, 0.1) is 19.0 Å². The van der Waals surface area contributed by atoms with E-state index in [1.54, 1.807) is 12.4 Å². The number of hydrogen-bond donors (Lipinski definition) is 0. The molecule has 5 heteroatoms. The molecule has 3 nitrogen and oxygen atoms in total. The number of hydrogen-bond acceptors (Lipinski definition) is 3. The van der Waals surface area contributed by atoms with Crippen LogP contribution >= 0.6 is 0 Å². The fourth-order valence-electron chi connectivity index (χ4n) is 4.22. The molecule has 1 heterocycles. The van der Waals surface area contributed by atoms with Crippen molar-refractivity contribution in [2.24, 2.45) is 0 Å². The van der Waals surface area contributed by atoms with Crippen molar-refractivity contribution >= 4 is 0 Å². The lowest BCUT2D eigenvalue weighted by Gasteiger charge is -2.12. The fraction of sp³-hybridized carbons (Fsp3) is 0.667. The number of aromatic nitrogens is 2. The topological polar surface area (TPSA) is 35.0 Å². The molecular formula is C30H46F2N2O. The predicted octanol–water partition coefficient (Wildman–Crippen LogP) is 9.24. The minimum Gasteiger partial charge on any atom is -0.490 e. The van der Waals surface area contributed by atoms with E-state index in [-0.39, 0.29) is 19.4 Å². The number of halogens is 2. The standard InChI is InChI=1S/C30H46F2N2O/c1-3-5-7-8-9-10-12-13-25-15-17-26(18-16-25)30-33-23-29(24-34-30)35-22-21-28(32)20-19-27(31)14-11-6-4-2/h15-18,23-24,27-28H,3-14,19-22H2,1-2H3. The molecule has 0 amide bonds. The van der Waals surface area contributed by atoms with Crippen molar-refractivity contribution < 1.29 is 13.5 Å². The van der Waals surface area contributed by atoms with Crippen LogP contribution in [0.1, 0.15) is 109 Å². The summed E-state index contributed by atoms with van der Waals surface area (Å²) in [6.07, 6.45) is 16.0. The number of ether oxygens (including phenoxy) is 1. The van der Waals surface area contributed by atoms with Crippen LogP contribution in [0.4, 0.5) is 8.78 Å². The van der Waals surface area contributed by atoms with Gasteiger partial charge in [-0.25, -0.2) is 18.7 Å². The molecule has 0 aliphatic heterocycles. The fourth-order valence-corrected chi connectivity index (χ4v) is 4.22. The molecule has 0 saturated carbocycles. The first kappa shape index (κ1) is 29.2. The Morgan fingerprint density at radius 3 is 1.91 bits per heavy atom. The van der Waals surface area contributed by atoms with Crippen molar-refractivity contribution in [2.75, 3.05) is 6.61 Å². The van der Waals surface area contributed by atoms with Crippen molar-refractivity contribution in [2.45, 2.75) is 123 Å². The van der Waals surface area contributed by atoms with E-state index in [0.29, 0.717) is 24.4 Å². The molecule has 0 bridgehead atoms. The largest absolute Gasteiger partial charge is 0.490 e. The first-order valence-corrected chi connectivity index (χ1v) is 13.9. The quantitative estimate of drug-likeness (QED) is 0.174. The Morgan fingerprint density at radius 2 is 1.26 bits per heavy atom. The summed E-state index contributed by atoms with van der Waals surface area (Å²) < 4.78 is 33.4. The first-order chi connectivity index (χ1) is 17.1. The number of aryl methyl sites for hydroxylation is 1. The van der Waals surface area contributed by atoms with Crippen LogP contribution in [0, 0.1) is 0 Å². The van der Waals surface area contributed by atoms with Crippen molar-refractivity contribution in [1.82, 2.24) is 9.97 Å². The smallest absolute Gasteiger partial charge is 0.159 e. The summed E-state index contributed by atoms with van der Waals surface area (Å²) in [5.41, 5.74) is 2.33. The lowest BCUT2D eigenvalue weighted by molar-refractivity contribution is 0.199. The number of alkyl halides is 2. The van der Waals surface area contributed by atoms with Crippen molar-refractivity contribution in [1.29, 1.82) is 0 Å². The zero-order valence-electron chi connectivity index (χ0n) is 22.0. The van der Waals surface area contributed by atoms with E-state index in [9.17, 15) is 8.78 Å². The van der Waals surface area contributed by atoms with E-state index in [2.05, 4.69) is 48.1 Å². The minimum atomic E-state index is -1.04. The van der Waals surface area contributed by atoms with E-state index in [4.69, 9.17) is 4.74 Å². The predicted molar refractivity (Wildman–Crippen MR) is 142 cm³/mol. The van der Waals surface area contributed by atoms with Gasteiger partial charge in [0.1, 0.15) is 12.3 Å². The van der Waals surface area contributed by atoms with Crippen LogP contribution in [-0.2, 0) is 6.42 Å². The number of rotatable bonds is 20. The lowest BCUT2D eigenvalue weighted by atomic mass is 10.0. The summed E-state index contributed by atoms with van der Waals surface area (Å²) in [6, 6.07) is 8.46. The molecule has 1 aromatic heterocycles. The third-order valence-electron chi connectivity index (χ3n) is 6.52. The van der Waals surface area contributed by atoms with Crippen molar-refractivity contribution in [3.05, 3.63) is 42.2 Å². The van der Waals surface area contributed by atoms with E-state index < -0.39 is 12.3 Å². The highest BCUT2D eigenvalue weighted by Gasteiger charge is 2.12. The van der Waals surface area contributed by atoms with Crippen LogP contribution in [0.2, 0.25) is 0 Å². The average molecular weight is 489 g/mol. The minimum absolute atomic E-state index is 0.240. The maximum absolute atomic E-state index is 14.1. The number of nitrogens with zero attached hydrogens (tertiary/aromatic N) is 2. The van der Waals surface area contributed by atoms with Crippen LogP contribution in [-0.4, -0.2) is 28.9 Å². The van der Waals surface area contributed by atoms with Gasteiger partial charge in [0.2, 0.25) is 0 Å². The maximum atomic E-state index is 14.1. The molecule has 2 rings (SSSR count). The summed E-state index contributed by atoms with van der Waals surface area (Å²) in [5, 5.41) is 0. The van der Waals surface area contributed by atoms with Crippen molar-refractivity contribution in [3.8, 4) is 17.1 Å². The maximum Gasteiger partial charge on any atom is 0.159 e. The van der Waals surface area contributed by atoms with Gasteiger partial charge in [-0.1, -0.05) is 95.9 Å². The second-order valence-electron chi connectivity index (χ2n) is 9.72. The van der Waals surface area contributed by atoms with E-state index in [0.717, 1.165) is 31.2 Å². The van der Waals surface area contributed by atoms with Gasteiger partial charge in [-0.2, -0.15) is 0 Å². The molecule has 0 saturated heterocycles. The van der Waals surface area contributed by atoms with Crippen LogP contribution in [0.25, 0.3) is 11.4 Å². The summed E-state index contributed by atoms with van der Waals surface area (Å²) in [7, 11) is 0. The Labute approximate surface area is 212 Å². The number of benzene rings is 1. The molecule has 35 heavy (non-hydrogen) atoms. The second kappa shape index (κ2) is 18.3. The zero-order chi connectivity index (χ0) is 25.1. The van der Waals surface area contributed by atoms with Gasteiger partial charge in [-0.15, -0.1) is 0 Å². The summed E-state index contributed by atoms with van der Waals surface area (Å²) in [6.45, 7) is 4.59. The van der Waals surface area contributed by atoms with Crippen LogP contribution < -0.4 is 4.74 Å². The van der Waals surface area contributed by atoms with E-state index >= 15 is 0 Å². The molecule has 0 fully saturated rings. The van der Waals surface area contributed by atoms with Gasteiger partial charge in [0, 0.05) is 12.0 Å². The zero-order valence-corrected chi connectivity index (χ0v) is 22.0. The van der Waals surface area contributed by atoms with E-state index in [1.165, 1.54) is 50.5 Å². The SMILES string of the molecule is CCCCCCCCCc1ccc(-c2ncc(OCCC(F)CCC(F)CCCCC)cn2)cc1. The Bertz CT molecular complexity index is 767. The molecule has 1 aromatic carbocycles. The molecule has 196 valence electrons. The molecule has 0 aliphatic carbocycles. The van der Waals surface area contributed by atoms with Gasteiger partial charge in [0.15, 0.2) is 11.6 Å². The molecule has 0 radical (unpaired) electrons. The van der Waals surface area contributed by atoms with Gasteiger partial charge in [-0.3, -0.25) is 0 Å². The summed E-state index contributed by atoms with van der Waals surface area (Å²) in [4.78, 5) is 8.81. The van der Waals surface area contributed by atoms with Gasteiger partial charge in [-0.05, 0) is 37.7 Å². The molecule has 0 spiro atoms. The highest BCUT2D eigenvalue weighted by atomic mass is 19.1. The summed E-state index contributed by atoms with van der Waals surface area (Å²) >= 11 is 0. The van der Waals surface area contributed by atoms with Gasteiger partial charge < -0.3 is 4.74 Å². The summed E-state index contributed by atoms with van der Waals surface area (Å²) in [5.74, 6) is 1.18. The Kier molecular flexibility index (Phi) is 15.2. The highest BCUT2D eigenvalue weighted by Crippen LogP contribution is 2.20. The van der Waals surface area contributed by atoms with Crippen LogP contribution in [0.15, 0.2) is 36.7 Å². The number of unbranched alkanes of at least 4 members (excludes halogenated alkanes) is 8. The van der Waals surface area contributed by atoms with Gasteiger partial charge >= 0.3 is 0 Å². The normalized spacial score (nSPS) is 13.0. The van der Waals surface area contributed by atoms with Crippen molar-refractivity contribution in [3.63, 3.8) is 0 Å². The molecular weight excluding hydrogens is 442 g/mol. The molecule has 0 N–H and O–H groups in total. The first-order valence-electron chi connectivity index (χ1n) is 13.9. The van der Waals surface area contributed by atoms with Crippen LogP contribution in [0.5, 0.6) is 5.75 Å². The van der Waals surface area contributed by atoms with E-state index in [1.807, 2.05) is 0 Å². The third-order valence-corrected chi connectivity index (χ3v) is 6.52. The third kappa shape index (κ3) is 13.0. The Hall–Kier alpha value is -2.04. The lowest BCUT2D eigenvalue weighted by Crippen LogP contribution is -2.11. The van der Waals surface area contributed by atoms with Gasteiger partial charge in [0.25, 0.3) is 0 Å². The molecule has 0 aliphatic rings. The Morgan fingerprint density at radius 1 is 0.686 bits per heavy atom. The molecule has 2 unspecified atom stereocenters. The highest BCUT2D eigenvalue weighted by molar-refractivity contribution is 5.55. The second-order valence-corrected chi connectivity index (χ2v) is 9.72. The molecule has 2 atom stereocenters. The average Bonchev–Trinajstić information content (AvgIpc) is 2.88. The monoisotopic (exact) mass is 488 g/mol. The Balaban J connectivity index is 1.64.